The molecule has 3 N–H and O–H groups in total. The van der Waals surface area contributed by atoms with Crippen LogP contribution in [0.25, 0.3) is 0 Å². The molecule has 2 aromatic rings. The number of anilines is 1. The van der Waals surface area contributed by atoms with Crippen molar-refractivity contribution in [2.24, 2.45) is 5.73 Å². The predicted octanol–water partition coefficient (Wildman–Crippen LogP) is 2.12. The number of nitrogens with zero attached hydrogens (tertiary/aromatic N) is 1. The van der Waals surface area contributed by atoms with Crippen molar-refractivity contribution in [2.75, 3.05) is 11.9 Å². The highest BCUT2D eigenvalue weighted by atomic mass is 16.5. The van der Waals surface area contributed by atoms with E-state index in [0.717, 1.165) is 17.0 Å². The van der Waals surface area contributed by atoms with Crippen LogP contribution in [0.15, 0.2) is 42.5 Å². The average molecular weight is 285 g/mol. The first kappa shape index (κ1) is 15.0. The van der Waals surface area contributed by atoms with Crippen molar-refractivity contribution in [1.29, 1.82) is 0 Å². The Labute approximate surface area is 124 Å². The number of nitrogens with two attached hydrogens (primary N) is 1. The van der Waals surface area contributed by atoms with E-state index in [1.54, 1.807) is 6.07 Å². The van der Waals surface area contributed by atoms with Gasteiger partial charge in [-0.2, -0.15) is 0 Å². The van der Waals surface area contributed by atoms with Crippen LogP contribution in [0, 0.1) is 0 Å². The SMILES string of the molecule is CCOc1ccc(CC(=O)Nc2cccc(CN)n2)cc1. The first-order valence-corrected chi connectivity index (χ1v) is 6.89. The van der Waals surface area contributed by atoms with Crippen LogP contribution < -0.4 is 15.8 Å². The van der Waals surface area contributed by atoms with Gasteiger partial charge in [0.2, 0.25) is 5.91 Å². The van der Waals surface area contributed by atoms with Crippen LogP contribution >= 0.6 is 0 Å². The zero-order valence-corrected chi connectivity index (χ0v) is 12.0. The number of ether oxygens (including phenoxy) is 1. The zero-order valence-electron chi connectivity index (χ0n) is 12.0. The van der Waals surface area contributed by atoms with Crippen molar-refractivity contribution in [3.8, 4) is 5.75 Å². The standard InChI is InChI=1S/C16H19N3O2/c1-2-21-14-8-6-12(7-9-14)10-16(20)19-15-5-3-4-13(11-17)18-15/h3-9H,2,10-11,17H2,1H3,(H,18,19,20). The number of aromatic nitrogens is 1. The number of hydrogen-bond donors (Lipinski definition) is 2. The number of nitrogens with one attached hydrogen (secondary N) is 1. The third-order valence-corrected chi connectivity index (χ3v) is 2.88. The number of pyridine rings is 1. The number of amides is 1. The highest BCUT2D eigenvalue weighted by Crippen LogP contribution is 2.13. The number of carbonyl (C=O) groups excluding carboxylic acids is 1. The molecule has 0 aliphatic carbocycles. The molecule has 1 amide bonds. The second kappa shape index (κ2) is 7.40. The minimum absolute atomic E-state index is 0.110. The summed E-state index contributed by atoms with van der Waals surface area (Å²) in [5.74, 6) is 1.22. The Balaban J connectivity index is 1.94. The van der Waals surface area contributed by atoms with Gasteiger partial charge in [-0.3, -0.25) is 4.79 Å². The third kappa shape index (κ3) is 4.57. The van der Waals surface area contributed by atoms with Crippen LogP contribution in [0.2, 0.25) is 0 Å². The van der Waals surface area contributed by atoms with Crippen molar-refractivity contribution < 1.29 is 9.53 Å². The maximum absolute atomic E-state index is 12.0. The topological polar surface area (TPSA) is 77.2 Å². The molecule has 1 heterocycles. The Morgan fingerprint density at radius 3 is 2.67 bits per heavy atom. The number of hydrogen-bond acceptors (Lipinski definition) is 4. The molecule has 5 heteroatoms. The highest BCUT2D eigenvalue weighted by Gasteiger charge is 2.05. The Kier molecular flexibility index (Phi) is 5.29. The molecule has 5 nitrogen and oxygen atoms in total. The monoisotopic (exact) mass is 285 g/mol. The molecule has 0 saturated carbocycles. The quantitative estimate of drug-likeness (QED) is 0.852. The lowest BCUT2D eigenvalue weighted by atomic mass is 10.1. The van der Waals surface area contributed by atoms with Crippen LogP contribution in [0.4, 0.5) is 5.82 Å². The van der Waals surface area contributed by atoms with Crippen LogP contribution in [0.1, 0.15) is 18.2 Å². The van der Waals surface area contributed by atoms with E-state index in [0.29, 0.717) is 25.4 Å². The van der Waals surface area contributed by atoms with Gasteiger partial charge in [0.05, 0.1) is 18.7 Å². The van der Waals surface area contributed by atoms with E-state index in [1.807, 2.05) is 43.3 Å². The molecular formula is C16H19N3O2. The van der Waals surface area contributed by atoms with Crippen molar-refractivity contribution in [3.63, 3.8) is 0 Å². The van der Waals surface area contributed by atoms with Crippen LogP contribution in [-0.2, 0) is 17.8 Å². The summed E-state index contributed by atoms with van der Waals surface area (Å²) in [6, 6.07) is 12.9. The lowest BCUT2D eigenvalue weighted by Gasteiger charge is -2.07. The Morgan fingerprint density at radius 1 is 1.24 bits per heavy atom. The van der Waals surface area contributed by atoms with Crippen LogP contribution in [0.5, 0.6) is 5.75 Å². The molecule has 0 bridgehead atoms. The van der Waals surface area contributed by atoms with E-state index in [1.165, 1.54) is 0 Å². The van der Waals surface area contributed by atoms with Crippen molar-refractivity contribution in [1.82, 2.24) is 4.98 Å². The normalized spacial score (nSPS) is 10.2. The molecule has 0 saturated heterocycles. The summed E-state index contributed by atoms with van der Waals surface area (Å²) < 4.78 is 5.36. The van der Waals surface area contributed by atoms with E-state index in [2.05, 4.69) is 10.3 Å². The Morgan fingerprint density at radius 2 is 2.00 bits per heavy atom. The molecule has 1 aromatic heterocycles. The molecule has 0 aliphatic rings. The summed E-state index contributed by atoms with van der Waals surface area (Å²) in [5, 5.41) is 2.77. The second-order valence-electron chi connectivity index (χ2n) is 4.52. The van der Waals surface area contributed by atoms with E-state index in [-0.39, 0.29) is 5.91 Å². The summed E-state index contributed by atoms with van der Waals surface area (Å²) in [4.78, 5) is 16.2. The third-order valence-electron chi connectivity index (χ3n) is 2.88. The minimum atomic E-state index is -0.110. The molecule has 0 fully saturated rings. The number of benzene rings is 1. The fourth-order valence-corrected chi connectivity index (χ4v) is 1.91. The molecule has 2 rings (SSSR count). The molecule has 0 spiro atoms. The first-order valence-electron chi connectivity index (χ1n) is 6.89. The number of carbonyl (C=O) groups is 1. The van der Waals surface area contributed by atoms with Crippen molar-refractivity contribution >= 4 is 11.7 Å². The lowest BCUT2D eigenvalue weighted by molar-refractivity contribution is -0.115. The summed E-state index contributed by atoms with van der Waals surface area (Å²) in [7, 11) is 0. The minimum Gasteiger partial charge on any atom is -0.494 e. The van der Waals surface area contributed by atoms with Gasteiger partial charge in [-0.1, -0.05) is 18.2 Å². The van der Waals surface area contributed by atoms with Crippen LogP contribution in [0.3, 0.4) is 0 Å². The molecule has 0 unspecified atom stereocenters. The van der Waals surface area contributed by atoms with Gasteiger partial charge >= 0.3 is 0 Å². The Hall–Kier alpha value is -2.40. The molecule has 110 valence electrons. The molecule has 0 aliphatic heterocycles. The molecule has 21 heavy (non-hydrogen) atoms. The molecular weight excluding hydrogens is 266 g/mol. The molecule has 1 aromatic carbocycles. The maximum Gasteiger partial charge on any atom is 0.229 e. The maximum atomic E-state index is 12.0. The van der Waals surface area contributed by atoms with Crippen molar-refractivity contribution in [2.45, 2.75) is 19.9 Å². The fraction of sp³-hybridized carbons (Fsp3) is 0.250. The van der Waals surface area contributed by atoms with E-state index in [4.69, 9.17) is 10.5 Å². The highest BCUT2D eigenvalue weighted by molar-refractivity contribution is 5.91. The van der Waals surface area contributed by atoms with Gasteiger partial charge in [0.15, 0.2) is 0 Å². The summed E-state index contributed by atoms with van der Waals surface area (Å²) in [6.45, 7) is 2.91. The van der Waals surface area contributed by atoms with Crippen molar-refractivity contribution in [3.05, 3.63) is 53.7 Å². The van der Waals surface area contributed by atoms with Gasteiger partial charge in [0, 0.05) is 6.54 Å². The largest absolute Gasteiger partial charge is 0.494 e. The summed E-state index contributed by atoms with van der Waals surface area (Å²) in [5.41, 5.74) is 7.19. The second-order valence-corrected chi connectivity index (χ2v) is 4.52. The van der Waals surface area contributed by atoms with Gasteiger partial charge < -0.3 is 15.8 Å². The van der Waals surface area contributed by atoms with Gasteiger partial charge in [0.25, 0.3) is 0 Å². The van der Waals surface area contributed by atoms with E-state index in [9.17, 15) is 4.79 Å². The Bertz CT molecular complexity index is 597. The van der Waals surface area contributed by atoms with Gasteiger partial charge in [-0.15, -0.1) is 0 Å². The van der Waals surface area contributed by atoms with E-state index >= 15 is 0 Å². The predicted molar refractivity (Wildman–Crippen MR) is 82.1 cm³/mol. The van der Waals surface area contributed by atoms with Gasteiger partial charge in [-0.05, 0) is 36.8 Å². The lowest BCUT2D eigenvalue weighted by Crippen LogP contribution is -2.16. The van der Waals surface area contributed by atoms with Gasteiger partial charge in [0.1, 0.15) is 11.6 Å². The molecule has 0 atom stereocenters. The molecule has 0 radical (unpaired) electrons. The first-order chi connectivity index (χ1) is 10.2. The van der Waals surface area contributed by atoms with Crippen LogP contribution in [-0.4, -0.2) is 17.5 Å². The fourth-order valence-electron chi connectivity index (χ4n) is 1.91. The smallest absolute Gasteiger partial charge is 0.229 e. The van der Waals surface area contributed by atoms with Gasteiger partial charge in [-0.25, -0.2) is 4.98 Å². The van der Waals surface area contributed by atoms with E-state index < -0.39 is 0 Å². The number of rotatable bonds is 6. The zero-order chi connectivity index (χ0) is 15.1. The average Bonchev–Trinajstić information content (AvgIpc) is 2.49. The summed E-state index contributed by atoms with van der Waals surface area (Å²) >= 11 is 0. The summed E-state index contributed by atoms with van der Waals surface area (Å²) in [6.07, 6.45) is 0.293.